The number of aromatic nitrogens is 1. The number of rotatable bonds is 3. The second-order valence-electron chi connectivity index (χ2n) is 2.59. The van der Waals surface area contributed by atoms with Crippen LogP contribution in [-0.4, -0.2) is 24.1 Å². The number of carboxylic acids is 1. The van der Waals surface area contributed by atoms with Crippen LogP contribution < -0.4 is 0 Å². The van der Waals surface area contributed by atoms with Crippen LogP contribution in [0.5, 0.6) is 0 Å². The molecule has 0 amide bonds. The van der Waals surface area contributed by atoms with Crippen LogP contribution in [0.3, 0.4) is 0 Å². The van der Waals surface area contributed by atoms with E-state index in [0.717, 1.165) is 6.07 Å². The first-order valence-corrected chi connectivity index (χ1v) is 6.05. The highest BCUT2D eigenvalue weighted by Crippen LogP contribution is 2.18. The predicted molar refractivity (Wildman–Crippen MR) is 50.1 cm³/mol. The third-order valence-corrected chi connectivity index (χ3v) is 3.03. The van der Waals surface area contributed by atoms with Gasteiger partial charge >= 0.3 is 5.97 Å². The van der Waals surface area contributed by atoms with Crippen molar-refractivity contribution < 1.29 is 18.3 Å². The van der Waals surface area contributed by atoms with E-state index in [9.17, 15) is 13.2 Å². The second kappa shape index (κ2) is 3.62. The molecule has 0 bridgehead atoms. The second-order valence-corrected chi connectivity index (χ2v) is 5.16. The summed E-state index contributed by atoms with van der Waals surface area (Å²) in [6.45, 7) is 2.07. The SMILES string of the molecule is CCn1cc(S(=O)(=O)Cl)cc1C(=O)O. The van der Waals surface area contributed by atoms with Gasteiger partial charge in [0.1, 0.15) is 10.6 Å². The van der Waals surface area contributed by atoms with E-state index in [4.69, 9.17) is 15.8 Å². The maximum absolute atomic E-state index is 10.9. The molecular formula is C7H8ClNO4S. The topological polar surface area (TPSA) is 76.4 Å². The summed E-state index contributed by atoms with van der Waals surface area (Å²) in [5.74, 6) is -1.18. The Kier molecular flexibility index (Phi) is 2.86. The highest BCUT2D eigenvalue weighted by Gasteiger charge is 2.18. The fraction of sp³-hybridized carbons (Fsp3) is 0.286. The van der Waals surface area contributed by atoms with E-state index in [1.807, 2.05) is 0 Å². The van der Waals surface area contributed by atoms with E-state index in [1.54, 1.807) is 6.92 Å². The van der Waals surface area contributed by atoms with Gasteiger partial charge in [0.25, 0.3) is 9.05 Å². The number of aromatic carboxylic acids is 1. The molecule has 14 heavy (non-hydrogen) atoms. The van der Waals surface area contributed by atoms with Crippen molar-refractivity contribution in [2.45, 2.75) is 18.4 Å². The molecule has 1 aromatic rings. The third-order valence-electron chi connectivity index (χ3n) is 1.71. The number of hydrogen-bond donors (Lipinski definition) is 1. The highest BCUT2D eigenvalue weighted by molar-refractivity contribution is 8.13. The molecule has 78 valence electrons. The molecule has 1 heterocycles. The molecular weight excluding hydrogens is 230 g/mol. The molecule has 0 aliphatic rings. The van der Waals surface area contributed by atoms with Gasteiger partial charge in [-0.05, 0) is 13.0 Å². The molecule has 0 radical (unpaired) electrons. The largest absolute Gasteiger partial charge is 0.477 e. The van der Waals surface area contributed by atoms with Crippen molar-refractivity contribution >= 4 is 25.7 Å². The standard InChI is InChI=1S/C7H8ClNO4S/c1-2-9-4-5(14(8,12)13)3-6(9)7(10)11/h3-4H,2H2,1H3,(H,10,11). The van der Waals surface area contributed by atoms with Crippen molar-refractivity contribution in [2.24, 2.45) is 0 Å². The zero-order valence-electron chi connectivity index (χ0n) is 7.27. The highest BCUT2D eigenvalue weighted by atomic mass is 35.7. The Labute approximate surface area is 85.3 Å². The Balaban J connectivity index is 3.34. The number of hydrogen-bond acceptors (Lipinski definition) is 3. The average Bonchev–Trinajstić information content (AvgIpc) is 2.45. The Morgan fingerprint density at radius 2 is 2.21 bits per heavy atom. The van der Waals surface area contributed by atoms with Crippen LogP contribution in [0.2, 0.25) is 0 Å². The van der Waals surface area contributed by atoms with Crippen molar-refractivity contribution in [1.82, 2.24) is 4.57 Å². The molecule has 0 aliphatic heterocycles. The summed E-state index contributed by atoms with van der Waals surface area (Å²) >= 11 is 0. The average molecular weight is 238 g/mol. The van der Waals surface area contributed by atoms with Crippen LogP contribution in [-0.2, 0) is 15.6 Å². The van der Waals surface area contributed by atoms with Gasteiger partial charge in [-0.2, -0.15) is 0 Å². The first-order valence-electron chi connectivity index (χ1n) is 3.74. The van der Waals surface area contributed by atoms with Crippen molar-refractivity contribution in [3.63, 3.8) is 0 Å². The van der Waals surface area contributed by atoms with Gasteiger partial charge in [-0.1, -0.05) is 0 Å². The molecule has 5 nitrogen and oxygen atoms in total. The molecule has 0 atom stereocenters. The summed E-state index contributed by atoms with van der Waals surface area (Å²) in [6.07, 6.45) is 1.20. The molecule has 0 aliphatic carbocycles. The van der Waals surface area contributed by atoms with Gasteiger partial charge < -0.3 is 9.67 Å². The number of carbonyl (C=O) groups is 1. The Morgan fingerprint density at radius 3 is 2.50 bits per heavy atom. The minimum absolute atomic E-state index is 0.0910. The molecule has 7 heteroatoms. The van der Waals surface area contributed by atoms with E-state index in [0.29, 0.717) is 6.54 Å². The summed E-state index contributed by atoms with van der Waals surface area (Å²) in [7, 11) is 1.21. The van der Waals surface area contributed by atoms with E-state index < -0.39 is 15.0 Å². The molecule has 1 N–H and O–H groups in total. The summed E-state index contributed by atoms with van der Waals surface area (Å²) < 4.78 is 23.1. The van der Waals surface area contributed by atoms with Crippen LogP contribution in [0, 0.1) is 0 Å². The first-order chi connectivity index (χ1) is 6.36. The molecule has 1 rings (SSSR count). The fourth-order valence-corrected chi connectivity index (χ4v) is 1.82. The van der Waals surface area contributed by atoms with E-state index in [-0.39, 0.29) is 10.6 Å². The van der Waals surface area contributed by atoms with Gasteiger partial charge in [0, 0.05) is 23.4 Å². The molecule has 0 spiro atoms. The normalized spacial score (nSPS) is 11.6. The van der Waals surface area contributed by atoms with Crippen molar-refractivity contribution in [3.05, 3.63) is 18.0 Å². The molecule has 0 fully saturated rings. The maximum atomic E-state index is 10.9. The molecule has 0 unspecified atom stereocenters. The van der Waals surface area contributed by atoms with Crippen LogP contribution >= 0.6 is 10.7 Å². The van der Waals surface area contributed by atoms with Crippen LogP contribution in [0.25, 0.3) is 0 Å². The van der Waals surface area contributed by atoms with E-state index in [1.165, 1.54) is 10.8 Å². The van der Waals surface area contributed by atoms with Crippen molar-refractivity contribution in [2.75, 3.05) is 0 Å². The Hall–Kier alpha value is -1.01. The lowest BCUT2D eigenvalue weighted by Crippen LogP contribution is -2.05. The van der Waals surface area contributed by atoms with Gasteiger partial charge in [-0.3, -0.25) is 0 Å². The summed E-state index contributed by atoms with van der Waals surface area (Å²) in [5, 5.41) is 8.72. The predicted octanol–water partition coefficient (Wildman–Crippen LogP) is 1.13. The fourth-order valence-electron chi connectivity index (χ4n) is 1.06. The number of carboxylic acid groups (broad SMARTS) is 1. The van der Waals surface area contributed by atoms with Crippen LogP contribution in [0.4, 0.5) is 0 Å². The minimum Gasteiger partial charge on any atom is -0.477 e. The smallest absolute Gasteiger partial charge is 0.352 e. The summed E-state index contributed by atoms with van der Waals surface area (Å²) in [5.41, 5.74) is -0.0910. The number of aryl methyl sites for hydroxylation is 1. The summed E-state index contributed by atoms with van der Waals surface area (Å²) in [6, 6.07) is 1.04. The lowest BCUT2D eigenvalue weighted by Gasteiger charge is -1.98. The monoisotopic (exact) mass is 237 g/mol. The zero-order valence-corrected chi connectivity index (χ0v) is 8.84. The number of halogens is 1. The van der Waals surface area contributed by atoms with E-state index >= 15 is 0 Å². The van der Waals surface area contributed by atoms with Gasteiger partial charge in [0.15, 0.2) is 0 Å². The maximum Gasteiger partial charge on any atom is 0.352 e. The lowest BCUT2D eigenvalue weighted by molar-refractivity contribution is 0.0685. The molecule has 0 aromatic carbocycles. The van der Waals surface area contributed by atoms with Gasteiger partial charge in [-0.25, -0.2) is 13.2 Å². The Morgan fingerprint density at radius 1 is 1.64 bits per heavy atom. The molecule has 0 saturated heterocycles. The van der Waals surface area contributed by atoms with Gasteiger partial charge in [0.05, 0.1) is 0 Å². The quantitative estimate of drug-likeness (QED) is 0.800. The van der Waals surface area contributed by atoms with E-state index in [2.05, 4.69) is 0 Å². The van der Waals surface area contributed by atoms with Crippen molar-refractivity contribution in [3.8, 4) is 0 Å². The van der Waals surface area contributed by atoms with Crippen LogP contribution in [0.1, 0.15) is 17.4 Å². The van der Waals surface area contributed by atoms with Gasteiger partial charge in [0.2, 0.25) is 0 Å². The Bertz CT molecular complexity index is 462. The number of nitrogens with zero attached hydrogens (tertiary/aromatic N) is 1. The molecule has 1 aromatic heterocycles. The summed E-state index contributed by atoms with van der Waals surface area (Å²) in [4.78, 5) is 10.5. The third kappa shape index (κ3) is 2.08. The van der Waals surface area contributed by atoms with Crippen molar-refractivity contribution in [1.29, 1.82) is 0 Å². The zero-order chi connectivity index (χ0) is 10.9. The van der Waals surface area contributed by atoms with Gasteiger partial charge in [-0.15, -0.1) is 0 Å². The lowest BCUT2D eigenvalue weighted by atomic mass is 10.4. The van der Waals surface area contributed by atoms with Crippen LogP contribution in [0.15, 0.2) is 17.2 Å². The minimum atomic E-state index is -3.86. The molecule has 0 saturated carbocycles. The first kappa shape index (κ1) is 11.1.